The van der Waals surface area contributed by atoms with Gasteiger partial charge in [0.2, 0.25) is 0 Å². The van der Waals surface area contributed by atoms with Crippen molar-refractivity contribution in [2.45, 2.75) is 45.7 Å². The lowest BCUT2D eigenvalue weighted by atomic mass is 10.1. The van der Waals surface area contributed by atoms with Gasteiger partial charge in [-0.25, -0.2) is 4.57 Å². The van der Waals surface area contributed by atoms with Gasteiger partial charge in [-0.2, -0.15) is 15.0 Å². The van der Waals surface area contributed by atoms with Gasteiger partial charge in [0.25, 0.3) is 0 Å². The first kappa shape index (κ1) is 23.2. The highest BCUT2D eigenvalue weighted by atomic mass is 31.2. The van der Waals surface area contributed by atoms with E-state index in [4.69, 9.17) is 19.2 Å². The predicted octanol–water partition coefficient (Wildman–Crippen LogP) is 2.17. The van der Waals surface area contributed by atoms with Gasteiger partial charge < -0.3 is 25.3 Å². The van der Waals surface area contributed by atoms with Crippen molar-refractivity contribution in [3.05, 3.63) is 24.4 Å². The van der Waals surface area contributed by atoms with E-state index in [2.05, 4.69) is 46.6 Å². The van der Waals surface area contributed by atoms with Crippen molar-refractivity contribution in [1.82, 2.24) is 25.3 Å². The number of rotatable bonds is 7. The Kier molecular flexibility index (Phi) is 8.06. The smallest absolute Gasteiger partial charge is 0.382 e. The number of aromatic nitrogens is 4. The van der Waals surface area contributed by atoms with E-state index in [9.17, 15) is 0 Å². The number of aryl methyl sites for hydroxylation is 1. The molecule has 0 radical (unpaired) electrons. The Morgan fingerprint density at radius 2 is 1.76 bits per heavy atom. The van der Waals surface area contributed by atoms with E-state index < -0.39 is 7.82 Å². The second-order valence-electron chi connectivity index (χ2n) is 7.19. The maximum atomic E-state index is 8.88. The third-order valence-corrected chi connectivity index (χ3v) is 4.12. The van der Waals surface area contributed by atoms with Gasteiger partial charge in [0.15, 0.2) is 0 Å². The first-order valence-electron chi connectivity index (χ1n) is 9.41. The van der Waals surface area contributed by atoms with Crippen LogP contribution < -0.4 is 10.6 Å². The lowest BCUT2D eigenvalue weighted by Crippen LogP contribution is -2.25. The summed E-state index contributed by atoms with van der Waals surface area (Å²) in [5.74, 6) is 0. The maximum absolute atomic E-state index is 8.88. The Morgan fingerprint density at radius 1 is 1.10 bits per heavy atom. The molecule has 1 unspecified atom stereocenters. The number of hydrogen-bond acceptors (Lipinski definition) is 6. The minimum atomic E-state index is -4.64. The molecule has 5 N–H and O–H groups in total. The summed E-state index contributed by atoms with van der Waals surface area (Å²) >= 11 is 0. The molecule has 0 aliphatic rings. The van der Waals surface area contributed by atoms with Crippen LogP contribution in [0.25, 0.3) is 21.9 Å². The Labute approximate surface area is 169 Å². The van der Waals surface area contributed by atoms with Crippen molar-refractivity contribution in [2.75, 3.05) is 11.9 Å². The van der Waals surface area contributed by atoms with Crippen molar-refractivity contribution >= 4 is 35.4 Å². The highest BCUT2D eigenvalue weighted by Crippen LogP contribution is 2.29. The molecule has 0 bridgehead atoms. The topological polar surface area (TPSA) is 145 Å². The Hall–Kier alpha value is -2.10. The van der Waals surface area contributed by atoms with Gasteiger partial charge in [0.1, 0.15) is 11.0 Å². The Balaban J connectivity index is 0.000000537. The number of anilines is 1. The lowest BCUT2D eigenvalue weighted by Gasteiger charge is -2.17. The lowest BCUT2D eigenvalue weighted by molar-refractivity contribution is 0.275. The summed E-state index contributed by atoms with van der Waals surface area (Å²) in [6.07, 6.45) is 4.11. The van der Waals surface area contributed by atoms with Gasteiger partial charge in [-0.15, -0.1) is 0 Å². The molecule has 0 saturated heterocycles. The number of fused-ring (bicyclic) bond motifs is 3. The molecule has 3 aromatic rings. The van der Waals surface area contributed by atoms with Crippen molar-refractivity contribution in [1.29, 1.82) is 0 Å². The molecule has 0 fully saturated rings. The third-order valence-electron chi connectivity index (χ3n) is 4.12. The van der Waals surface area contributed by atoms with E-state index in [1.807, 2.05) is 31.4 Å². The van der Waals surface area contributed by atoms with Gasteiger partial charge >= 0.3 is 7.82 Å². The first-order chi connectivity index (χ1) is 13.5. The van der Waals surface area contributed by atoms with Crippen LogP contribution in [0.5, 0.6) is 0 Å². The highest BCUT2D eigenvalue weighted by molar-refractivity contribution is 7.45. The number of pyridine rings is 1. The average molecular weight is 424 g/mol. The van der Waals surface area contributed by atoms with Crippen molar-refractivity contribution < 1.29 is 19.2 Å². The van der Waals surface area contributed by atoms with Crippen LogP contribution in [0.4, 0.5) is 5.69 Å². The molecule has 0 saturated carbocycles. The van der Waals surface area contributed by atoms with E-state index in [1.54, 1.807) is 4.80 Å². The quantitative estimate of drug-likeness (QED) is 0.284. The summed E-state index contributed by atoms with van der Waals surface area (Å²) in [5.41, 5.74) is 3.83. The Morgan fingerprint density at radius 3 is 2.41 bits per heavy atom. The van der Waals surface area contributed by atoms with E-state index >= 15 is 0 Å². The molecule has 0 aliphatic heterocycles. The molecule has 29 heavy (non-hydrogen) atoms. The van der Waals surface area contributed by atoms with Gasteiger partial charge in [-0.3, -0.25) is 4.98 Å². The fourth-order valence-corrected chi connectivity index (χ4v) is 2.98. The summed E-state index contributed by atoms with van der Waals surface area (Å²) in [4.78, 5) is 27.7. The van der Waals surface area contributed by atoms with E-state index in [0.29, 0.717) is 12.1 Å². The van der Waals surface area contributed by atoms with Crippen LogP contribution in [0.3, 0.4) is 0 Å². The molecule has 2 heterocycles. The van der Waals surface area contributed by atoms with Crippen molar-refractivity contribution in [2.24, 2.45) is 7.05 Å². The molecular weight excluding hydrogens is 395 g/mol. The molecule has 2 aromatic heterocycles. The van der Waals surface area contributed by atoms with Gasteiger partial charge in [-0.05, 0) is 44.5 Å². The fraction of sp³-hybridized carbons (Fsp3) is 0.500. The highest BCUT2D eigenvalue weighted by Gasteiger charge is 2.12. The second-order valence-corrected chi connectivity index (χ2v) is 8.21. The minimum Gasteiger partial charge on any atom is -0.382 e. The molecule has 0 spiro atoms. The third kappa shape index (κ3) is 7.68. The zero-order valence-electron chi connectivity index (χ0n) is 17.1. The number of hydrogen-bond donors (Lipinski definition) is 5. The molecule has 3 rings (SSSR count). The fourth-order valence-electron chi connectivity index (χ4n) is 2.98. The molecule has 11 heteroatoms. The number of phosphoric acid groups is 1. The number of benzene rings is 1. The SMILES string of the molecule is CC(C)NCCCC(C)Nc1ccnc2ccc3nn(C)nc3c12.O=P(O)(O)O. The summed E-state index contributed by atoms with van der Waals surface area (Å²) in [5, 5.41) is 17.1. The average Bonchev–Trinajstić information content (AvgIpc) is 2.97. The van der Waals surface area contributed by atoms with Crippen LogP contribution in [0.15, 0.2) is 24.4 Å². The normalized spacial score (nSPS) is 12.8. The molecule has 0 aliphatic carbocycles. The van der Waals surface area contributed by atoms with Crippen molar-refractivity contribution in [3.63, 3.8) is 0 Å². The van der Waals surface area contributed by atoms with Gasteiger partial charge in [-0.1, -0.05) is 13.8 Å². The standard InChI is InChI=1S/C18H26N6.H3O4P/c1-12(2)19-10-5-6-13(3)21-15-9-11-20-14-7-8-16-18(17(14)15)23-24(4)22-16;1-5(2,3)4/h7-9,11-13,19H,5-6,10H2,1-4H3,(H,20,21);(H3,1,2,3,4). The monoisotopic (exact) mass is 424 g/mol. The van der Waals surface area contributed by atoms with E-state index in [-0.39, 0.29) is 0 Å². The van der Waals surface area contributed by atoms with Crippen LogP contribution in [-0.4, -0.2) is 53.3 Å². The molecule has 1 atom stereocenters. The number of nitrogens with zero attached hydrogens (tertiary/aromatic N) is 4. The largest absolute Gasteiger partial charge is 0.466 e. The Bertz CT molecular complexity index is 979. The minimum absolute atomic E-state index is 0.386. The van der Waals surface area contributed by atoms with Crippen LogP contribution in [0, 0.1) is 0 Å². The molecule has 160 valence electrons. The van der Waals surface area contributed by atoms with E-state index in [0.717, 1.165) is 47.0 Å². The molecule has 0 amide bonds. The molecule has 10 nitrogen and oxygen atoms in total. The second kappa shape index (κ2) is 10.1. The molecule has 1 aromatic carbocycles. The summed E-state index contributed by atoms with van der Waals surface area (Å²) in [7, 11) is -2.79. The van der Waals surface area contributed by atoms with Gasteiger partial charge in [0, 0.05) is 31.0 Å². The first-order valence-corrected chi connectivity index (χ1v) is 11.0. The zero-order chi connectivity index (χ0) is 21.6. The van der Waals surface area contributed by atoms with Crippen molar-refractivity contribution in [3.8, 4) is 0 Å². The zero-order valence-corrected chi connectivity index (χ0v) is 18.0. The summed E-state index contributed by atoms with van der Waals surface area (Å²) in [6.45, 7) is 7.63. The van der Waals surface area contributed by atoms with E-state index in [1.165, 1.54) is 0 Å². The predicted molar refractivity (Wildman–Crippen MR) is 114 cm³/mol. The van der Waals surface area contributed by atoms with Crippen LogP contribution in [0.2, 0.25) is 0 Å². The number of nitrogens with one attached hydrogen (secondary N) is 2. The van der Waals surface area contributed by atoms with Gasteiger partial charge in [0.05, 0.1) is 10.9 Å². The van der Waals surface area contributed by atoms with Crippen LogP contribution in [-0.2, 0) is 11.6 Å². The summed E-state index contributed by atoms with van der Waals surface area (Å²) < 4.78 is 8.88. The maximum Gasteiger partial charge on any atom is 0.466 e. The van der Waals surface area contributed by atoms with Crippen LogP contribution in [0.1, 0.15) is 33.6 Å². The van der Waals surface area contributed by atoms with Crippen LogP contribution >= 0.6 is 7.82 Å². The summed E-state index contributed by atoms with van der Waals surface area (Å²) in [6, 6.07) is 6.94. The molecular formula is C18H29N6O4P.